The van der Waals surface area contributed by atoms with E-state index in [4.69, 9.17) is 16.3 Å². The van der Waals surface area contributed by atoms with Crippen molar-refractivity contribution < 1.29 is 14.3 Å². The Bertz CT molecular complexity index is 615. The molecule has 1 aliphatic rings. The van der Waals surface area contributed by atoms with E-state index in [2.05, 4.69) is 15.5 Å². The predicted octanol–water partition coefficient (Wildman–Crippen LogP) is 2.14. The van der Waals surface area contributed by atoms with Crippen LogP contribution in [0.2, 0.25) is 5.02 Å². The summed E-state index contributed by atoms with van der Waals surface area (Å²) in [5.41, 5.74) is -0.493. The van der Waals surface area contributed by atoms with Gasteiger partial charge in [-0.25, -0.2) is 0 Å². The van der Waals surface area contributed by atoms with Gasteiger partial charge in [-0.15, -0.1) is 0 Å². The van der Waals surface area contributed by atoms with Gasteiger partial charge in [-0.3, -0.25) is 9.59 Å². The van der Waals surface area contributed by atoms with Crippen molar-refractivity contribution in [1.29, 1.82) is 0 Å². The predicted molar refractivity (Wildman–Crippen MR) is 94.5 cm³/mol. The van der Waals surface area contributed by atoms with Crippen LogP contribution in [0, 0.1) is 5.41 Å². The molecule has 0 spiro atoms. The number of carbonyl (C=O) groups excluding carboxylic acids is 2. The summed E-state index contributed by atoms with van der Waals surface area (Å²) in [6.07, 6.45) is 1.96. The molecule has 6 nitrogen and oxygen atoms in total. The molecule has 0 saturated heterocycles. The normalized spacial score (nSPS) is 15.0. The Balaban J connectivity index is 1.96. The molecule has 7 heteroatoms. The lowest BCUT2D eigenvalue weighted by Gasteiger charge is -2.17. The van der Waals surface area contributed by atoms with Gasteiger partial charge in [-0.2, -0.15) is 0 Å². The van der Waals surface area contributed by atoms with Crippen LogP contribution in [0.25, 0.3) is 0 Å². The Kier molecular flexibility index (Phi) is 6.07. The molecule has 1 aromatic carbocycles. The van der Waals surface area contributed by atoms with Gasteiger partial charge >= 0.3 is 0 Å². The molecule has 1 aliphatic carbocycles. The van der Waals surface area contributed by atoms with Gasteiger partial charge in [0.2, 0.25) is 11.8 Å². The first-order valence-corrected chi connectivity index (χ1v) is 8.35. The van der Waals surface area contributed by atoms with Crippen molar-refractivity contribution in [2.45, 2.75) is 19.3 Å². The Hall–Kier alpha value is -1.79. The van der Waals surface area contributed by atoms with E-state index in [9.17, 15) is 9.59 Å². The molecule has 24 heavy (non-hydrogen) atoms. The lowest BCUT2D eigenvalue weighted by atomic mass is 10.0. The van der Waals surface area contributed by atoms with Gasteiger partial charge in [-0.1, -0.05) is 11.6 Å². The zero-order chi connectivity index (χ0) is 17.7. The van der Waals surface area contributed by atoms with Crippen LogP contribution in [0.4, 0.5) is 5.69 Å². The summed E-state index contributed by atoms with van der Waals surface area (Å²) < 4.78 is 5.22. The fourth-order valence-corrected chi connectivity index (χ4v) is 2.64. The molecule has 0 aromatic heterocycles. The monoisotopic (exact) mass is 353 g/mol. The average Bonchev–Trinajstić information content (AvgIpc) is 3.33. The molecule has 0 unspecified atom stereocenters. The number of halogens is 1. The molecule has 132 valence electrons. The molecule has 0 radical (unpaired) electrons. The second kappa shape index (κ2) is 7.85. The van der Waals surface area contributed by atoms with Crippen LogP contribution in [-0.4, -0.2) is 51.0 Å². The van der Waals surface area contributed by atoms with Crippen LogP contribution in [0.3, 0.4) is 0 Å². The molecule has 0 aliphatic heterocycles. The minimum absolute atomic E-state index is 0.209. The average molecular weight is 354 g/mol. The van der Waals surface area contributed by atoms with Gasteiger partial charge in [0, 0.05) is 11.6 Å². The summed E-state index contributed by atoms with van der Waals surface area (Å²) in [6, 6.07) is 4.97. The first-order chi connectivity index (χ1) is 11.4. The van der Waals surface area contributed by atoms with E-state index in [0.717, 1.165) is 13.0 Å². The second-order valence-corrected chi connectivity index (χ2v) is 6.73. The maximum absolute atomic E-state index is 12.6. The van der Waals surface area contributed by atoms with Crippen molar-refractivity contribution in [3.63, 3.8) is 0 Å². The molecular weight excluding hydrogens is 330 g/mol. The standard InChI is InChI=1S/C17H24ClN3O3/c1-21(2)10-4-9-19-15(22)17(7-8-17)16(23)20-13-11-12(18)5-6-14(13)24-3/h5-6,11H,4,7-10H2,1-3H3,(H,19,22)(H,20,23). The Labute approximate surface area is 147 Å². The number of amides is 2. The molecular formula is C17H24ClN3O3. The van der Waals surface area contributed by atoms with Crippen molar-refractivity contribution in [2.24, 2.45) is 5.41 Å². The van der Waals surface area contributed by atoms with E-state index < -0.39 is 5.41 Å². The molecule has 1 saturated carbocycles. The highest BCUT2D eigenvalue weighted by Crippen LogP contribution is 2.47. The van der Waals surface area contributed by atoms with E-state index in [1.165, 1.54) is 7.11 Å². The fourth-order valence-electron chi connectivity index (χ4n) is 2.47. The number of nitrogens with zero attached hydrogens (tertiary/aromatic N) is 1. The van der Waals surface area contributed by atoms with E-state index in [1.807, 2.05) is 14.1 Å². The Morgan fingerprint density at radius 1 is 1.29 bits per heavy atom. The first kappa shape index (κ1) is 18.5. The molecule has 0 heterocycles. The fraction of sp³-hybridized carbons (Fsp3) is 0.529. The topological polar surface area (TPSA) is 70.7 Å². The minimum atomic E-state index is -0.967. The largest absolute Gasteiger partial charge is 0.495 e. The summed E-state index contributed by atoms with van der Waals surface area (Å²) in [4.78, 5) is 27.0. The smallest absolute Gasteiger partial charge is 0.240 e. The second-order valence-electron chi connectivity index (χ2n) is 6.29. The SMILES string of the molecule is COc1ccc(Cl)cc1NC(=O)C1(C(=O)NCCCN(C)C)CC1. The van der Waals surface area contributed by atoms with Gasteiger partial charge in [0.15, 0.2) is 0 Å². The third kappa shape index (κ3) is 4.39. The summed E-state index contributed by atoms with van der Waals surface area (Å²) in [5, 5.41) is 6.13. The van der Waals surface area contributed by atoms with Crippen LogP contribution in [0.5, 0.6) is 5.75 Å². The van der Waals surface area contributed by atoms with E-state index in [0.29, 0.717) is 35.8 Å². The number of methoxy groups -OCH3 is 1. The summed E-state index contributed by atoms with van der Waals surface area (Å²) in [5.74, 6) is -0.0112. The maximum atomic E-state index is 12.6. The number of rotatable bonds is 8. The molecule has 2 amide bonds. The highest BCUT2D eigenvalue weighted by atomic mass is 35.5. The molecule has 2 N–H and O–H groups in total. The first-order valence-electron chi connectivity index (χ1n) is 7.97. The number of carbonyl (C=O) groups is 2. The third-order valence-corrected chi connectivity index (χ3v) is 4.33. The lowest BCUT2D eigenvalue weighted by Crippen LogP contribution is -2.40. The number of benzene rings is 1. The zero-order valence-corrected chi connectivity index (χ0v) is 15.1. The Morgan fingerprint density at radius 3 is 2.58 bits per heavy atom. The Morgan fingerprint density at radius 2 is 2.00 bits per heavy atom. The van der Waals surface area contributed by atoms with E-state index >= 15 is 0 Å². The molecule has 1 aromatic rings. The summed E-state index contributed by atoms with van der Waals surface area (Å²) >= 11 is 5.97. The van der Waals surface area contributed by atoms with Gasteiger partial charge in [0.1, 0.15) is 11.2 Å². The van der Waals surface area contributed by atoms with Crippen LogP contribution >= 0.6 is 11.6 Å². The molecule has 1 fully saturated rings. The molecule has 0 atom stereocenters. The third-order valence-electron chi connectivity index (χ3n) is 4.10. The quantitative estimate of drug-likeness (QED) is 0.555. The minimum Gasteiger partial charge on any atom is -0.495 e. The van der Waals surface area contributed by atoms with E-state index in [1.54, 1.807) is 18.2 Å². The number of hydrogen-bond acceptors (Lipinski definition) is 4. The van der Waals surface area contributed by atoms with Gasteiger partial charge in [-0.05, 0) is 58.1 Å². The van der Waals surface area contributed by atoms with Gasteiger partial charge in [0.25, 0.3) is 0 Å². The van der Waals surface area contributed by atoms with E-state index in [-0.39, 0.29) is 11.8 Å². The number of hydrogen-bond donors (Lipinski definition) is 2. The zero-order valence-electron chi connectivity index (χ0n) is 14.3. The van der Waals surface area contributed by atoms with Crippen molar-refractivity contribution in [1.82, 2.24) is 10.2 Å². The highest BCUT2D eigenvalue weighted by molar-refractivity contribution is 6.31. The van der Waals surface area contributed by atoms with Crippen molar-refractivity contribution in [2.75, 3.05) is 39.6 Å². The van der Waals surface area contributed by atoms with Gasteiger partial charge in [0.05, 0.1) is 12.8 Å². The number of nitrogens with one attached hydrogen (secondary N) is 2. The van der Waals surface area contributed by atoms with Crippen LogP contribution in [-0.2, 0) is 9.59 Å². The van der Waals surface area contributed by atoms with Crippen LogP contribution < -0.4 is 15.4 Å². The van der Waals surface area contributed by atoms with Crippen LogP contribution in [0.15, 0.2) is 18.2 Å². The lowest BCUT2D eigenvalue weighted by molar-refractivity contribution is -0.134. The molecule has 2 rings (SSSR count). The summed E-state index contributed by atoms with van der Waals surface area (Å²) in [7, 11) is 5.48. The van der Waals surface area contributed by atoms with Crippen molar-refractivity contribution in [3.8, 4) is 5.75 Å². The number of ether oxygens (including phenoxy) is 1. The molecule has 0 bridgehead atoms. The van der Waals surface area contributed by atoms with Gasteiger partial charge < -0.3 is 20.3 Å². The number of anilines is 1. The summed E-state index contributed by atoms with van der Waals surface area (Å²) in [6.45, 7) is 1.45. The maximum Gasteiger partial charge on any atom is 0.240 e. The van der Waals surface area contributed by atoms with Crippen LogP contribution in [0.1, 0.15) is 19.3 Å². The van der Waals surface area contributed by atoms with Crippen molar-refractivity contribution >= 4 is 29.1 Å². The highest BCUT2D eigenvalue weighted by Gasteiger charge is 2.56. The van der Waals surface area contributed by atoms with Crippen molar-refractivity contribution in [3.05, 3.63) is 23.2 Å².